The third-order valence-corrected chi connectivity index (χ3v) is 4.47. The fourth-order valence-electron chi connectivity index (χ4n) is 3.02. The number of aromatic hydroxyl groups is 1. The summed E-state index contributed by atoms with van der Waals surface area (Å²) in [7, 11) is 0. The summed E-state index contributed by atoms with van der Waals surface area (Å²) in [5, 5.41) is 14.9. The highest BCUT2D eigenvalue weighted by molar-refractivity contribution is 6.00. The minimum absolute atomic E-state index is 0.142. The average Bonchev–Trinajstić information content (AvgIpc) is 2.87. The first kappa shape index (κ1) is 18.4. The summed E-state index contributed by atoms with van der Waals surface area (Å²) in [5.74, 6) is 0.363. The molecule has 3 heterocycles. The van der Waals surface area contributed by atoms with Crippen LogP contribution in [0.1, 0.15) is 22.5 Å². The van der Waals surface area contributed by atoms with Crippen LogP contribution in [0.4, 0.5) is 5.82 Å². The van der Waals surface area contributed by atoms with E-state index in [1.165, 1.54) is 18.3 Å². The molecule has 0 saturated carbocycles. The molecule has 2 aromatic heterocycles. The summed E-state index contributed by atoms with van der Waals surface area (Å²) in [5.41, 5.74) is 0.938. The van der Waals surface area contributed by atoms with Crippen LogP contribution in [-0.2, 0) is 11.2 Å². The van der Waals surface area contributed by atoms with Crippen molar-refractivity contribution in [2.45, 2.75) is 18.9 Å². The van der Waals surface area contributed by atoms with Gasteiger partial charge in [0.25, 0.3) is 5.91 Å². The monoisotopic (exact) mass is 390 g/mol. The molecule has 0 saturated heterocycles. The Morgan fingerprint density at radius 2 is 1.97 bits per heavy atom. The van der Waals surface area contributed by atoms with Gasteiger partial charge in [-0.05, 0) is 42.7 Å². The van der Waals surface area contributed by atoms with Crippen molar-refractivity contribution in [3.05, 3.63) is 72.1 Å². The topological polar surface area (TPSA) is 113 Å². The Balaban J connectivity index is 1.45. The number of carbonyl (C=O) groups excluding carboxylic acids is 2. The lowest BCUT2D eigenvalue weighted by atomic mass is 10.1. The van der Waals surface area contributed by atoms with Gasteiger partial charge in [-0.2, -0.15) is 4.98 Å². The molecular formula is C21H18N4O4. The van der Waals surface area contributed by atoms with Crippen molar-refractivity contribution in [1.82, 2.24) is 15.3 Å². The van der Waals surface area contributed by atoms with Crippen LogP contribution in [0.25, 0.3) is 0 Å². The highest BCUT2D eigenvalue weighted by Crippen LogP contribution is 2.23. The third kappa shape index (κ3) is 4.32. The predicted molar refractivity (Wildman–Crippen MR) is 105 cm³/mol. The maximum absolute atomic E-state index is 12.6. The number of carbonyl (C=O) groups is 2. The molecule has 1 aromatic carbocycles. The van der Waals surface area contributed by atoms with E-state index in [9.17, 15) is 14.7 Å². The molecule has 8 heteroatoms. The second-order valence-electron chi connectivity index (χ2n) is 6.52. The number of para-hydroxylation sites is 1. The van der Waals surface area contributed by atoms with Gasteiger partial charge in [-0.3, -0.25) is 14.6 Å². The number of aromatic nitrogens is 2. The van der Waals surface area contributed by atoms with Crippen LogP contribution in [0.2, 0.25) is 0 Å². The van der Waals surface area contributed by atoms with Crippen LogP contribution in [0, 0.1) is 0 Å². The third-order valence-electron chi connectivity index (χ3n) is 4.47. The van der Waals surface area contributed by atoms with E-state index < -0.39 is 17.9 Å². The minimum Gasteiger partial charge on any atom is -0.493 e. The van der Waals surface area contributed by atoms with Gasteiger partial charge < -0.3 is 20.5 Å². The van der Waals surface area contributed by atoms with Crippen LogP contribution in [-0.4, -0.2) is 32.9 Å². The Hall–Kier alpha value is -3.94. The molecule has 1 aliphatic rings. The molecular weight excluding hydrogens is 372 g/mol. The van der Waals surface area contributed by atoms with Gasteiger partial charge in [0.1, 0.15) is 29.1 Å². The molecule has 3 aromatic rings. The number of nitrogens with zero attached hydrogens (tertiary/aromatic N) is 2. The second kappa shape index (κ2) is 7.97. The fourth-order valence-corrected chi connectivity index (χ4v) is 3.02. The number of anilines is 1. The van der Waals surface area contributed by atoms with E-state index in [1.54, 1.807) is 24.3 Å². The van der Waals surface area contributed by atoms with Gasteiger partial charge in [-0.1, -0.05) is 18.2 Å². The Bertz CT molecular complexity index is 1060. The van der Waals surface area contributed by atoms with Gasteiger partial charge in [-0.15, -0.1) is 0 Å². The molecule has 146 valence electrons. The van der Waals surface area contributed by atoms with Gasteiger partial charge in [0.05, 0.1) is 0 Å². The van der Waals surface area contributed by atoms with Gasteiger partial charge >= 0.3 is 0 Å². The molecule has 2 amide bonds. The van der Waals surface area contributed by atoms with Crippen LogP contribution >= 0.6 is 0 Å². The number of hydrogen-bond donors (Lipinski definition) is 3. The molecule has 1 aliphatic heterocycles. The summed E-state index contributed by atoms with van der Waals surface area (Å²) in [6.07, 6.45) is 2.40. The highest BCUT2D eigenvalue weighted by Gasteiger charge is 2.26. The van der Waals surface area contributed by atoms with E-state index in [0.29, 0.717) is 30.2 Å². The van der Waals surface area contributed by atoms with Crippen LogP contribution in [0.15, 0.2) is 60.8 Å². The Labute approximate surface area is 166 Å². The van der Waals surface area contributed by atoms with Crippen molar-refractivity contribution in [2.24, 2.45) is 0 Å². The zero-order valence-corrected chi connectivity index (χ0v) is 15.3. The molecule has 0 fully saturated rings. The Morgan fingerprint density at radius 3 is 2.79 bits per heavy atom. The van der Waals surface area contributed by atoms with Crippen LogP contribution in [0.5, 0.6) is 17.4 Å². The first-order chi connectivity index (χ1) is 14.1. The summed E-state index contributed by atoms with van der Waals surface area (Å²) in [4.78, 5) is 33.1. The maximum atomic E-state index is 12.6. The molecule has 3 N–H and O–H groups in total. The summed E-state index contributed by atoms with van der Waals surface area (Å²) < 4.78 is 5.72. The van der Waals surface area contributed by atoms with Gasteiger partial charge in [0, 0.05) is 18.3 Å². The predicted octanol–water partition coefficient (Wildman–Crippen LogP) is 2.66. The van der Waals surface area contributed by atoms with Gasteiger partial charge in [-0.25, -0.2) is 0 Å². The molecule has 0 bridgehead atoms. The van der Waals surface area contributed by atoms with Crippen molar-refractivity contribution >= 4 is 17.6 Å². The molecule has 0 radical (unpaired) electrons. The highest BCUT2D eigenvalue weighted by atomic mass is 16.5. The zero-order valence-electron chi connectivity index (χ0n) is 15.3. The first-order valence-electron chi connectivity index (χ1n) is 9.08. The number of hydrogen-bond acceptors (Lipinski definition) is 6. The van der Waals surface area contributed by atoms with E-state index in [4.69, 9.17) is 4.74 Å². The Kier molecular flexibility index (Phi) is 5.07. The lowest BCUT2D eigenvalue weighted by molar-refractivity contribution is -0.118. The van der Waals surface area contributed by atoms with Crippen LogP contribution < -0.4 is 15.4 Å². The molecule has 0 aliphatic carbocycles. The van der Waals surface area contributed by atoms with Gasteiger partial charge in [0.15, 0.2) is 0 Å². The van der Waals surface area contributed by atoms with Crippen molar-refractivity contribution in [1.29, 1.82) is 0 Å². The van der Waals surface area contributed by atoms with Crippen molar-refractivity contribution in [2.75, 3.05) is 5.32 Å². The first-order valence-corrected chi connectivity index (χ1v) is 9.08. The molecule has 4 rings (SSSR count). The lowest BCUT2D eigenvalue weighted by Crippen LogP contribution is -2.43. The quantitative estimate of drug-likeness (QED) is 0.631. The van der Waals surface area contributed by atoms with E-state index >= 15 is 0 Å². The molecule has 0 spiro atoms. The molecule has 29 heavy (non-hydrogen) atoms. The van der Waals surface area contributed by atoms with E-state index in [-0.39, 0.29) is 11.6 Å². The lowest BCUT2D eigenvalue weighted by Gasteiger charge is -2.15. The smallest absolute Gasteiger partial charge is 0.270 e. The van der Waals surface area contributed by atoms with Crippen molar-refractivity contribution < 1.29 is 19.4 Å². The number of rotatable bonds is 4. The number of fused-ring (bicyclic) bond motifs is 1. The van der Waals surface area contributed by atoms with E-state index in [1.807, 2.05) is 18.2 Å². The fraction of sp³-hybridized carbons (Fsp3) is 0.143. The van der Waals surface area contributed by atoms with E-state index in [2.05, 4.69) is 20.6 Å². The zero-order chi connectivity index (χ0) is 20.2. The van der Waals surface area contributed by atoms with Gasteiger partial charge in [0.2, 0.25) is 11.8 Å². The van der Waals surface area contributed by atoms with Crippen LogP contribution in [0.3, 0.4) is 0 Å². The molecule has 0 unspecified atom stereocenters. The Morgan fingerprint density at radius 1 is 1.14 bits per heavy atom. The summed E-state index contributed by atoms with van der Waals surface area (Å²) >= 11 is 0. The largest absolute Gasteiger partial charge is 0.493 e. The number of nitrogens with one attached hydrogen (secondary N) is 2. The standard InChI is InChI=1S/C21H18N4O4/c26-18-9-7-13-6-8-16(20(27)25-19(13)24-18)23-21(28)17-12-15(10-11-22-17)29-14-4-2-1-3-5-14/h1-5,7,9-12,16H,6,8H2,(H,23,28)(H2,24,25,26,27)/t16-/m0/s1. The number of aryl methyl sites for hydroxylation is 1. The summed E-state index contributed by atoms with van der Waals surface area (Å²) in [6, 6.07) is 14.8. The molecule has 8 nitrogen and oxygen atoms in total. The second-order valence-corrected chi connectivity index (χ2v) is 6.52. The van der Waals surface area contributed by atoms with E-state index in [0.717, 1.165) is 5.56 Å². The van der Waals surface area contributed by atoms with Crippen molar-refractivity contribution in [3.8, 4) is 17.4 Å². The number of pyridine rings is 2. The number of benzene rings is 1. The normalized spacial score (nSPS) is 15.6. The summed E-state index contributed by atoms with van der Waals surface area (Å²) in [6.45, 7) is 0. The molecule has 1 atom stereocenters. The number of amides is 2. The SMILES string of the molecule is O=C(N[C@H]1CCc2ccc(O)nc2NC1=O)c1cc(Oc2ccccc2)ccn1. The van der Waals surface area contributed by atoms with Crippen molar-refractivity contribution in [3.63, 3.8) is 0 Å². The average molecular weight is 390 g/mol. The number of ether oxygens (including phenoxy) is 1. The minimum atomic E-state index is -0.751. The maximum Gasteiger partial charge on any atom is 0.270 e.